The lowest BCUT2D eigenvalue weighted by atomic mass is 10.0. The Labute approximate surface area is 122 Å². The van der Waals surface area contributed by atoms with Crippen LogP contribution in [0.1, 0.15) is 25.8 Å². The van der Waals surface area contributed by atoms with E-state index in [1.54, 1.807) is 0 Å². The van der Waals surface area contributed by atoms with E-state index >= 15 is 0 Å². The van der Waals surface area contributed by atoms with Gasteiger partial charge >= 0.3 is 0 Å². The molecule has 0 spiro atoms. The molecule has 0 radical (unpaired) electrons. The van der Waals surface area contributed by atoms with Crippen molar-refractivity contribution < 1.29 is 4.74 Å². The maximum atomic E-state index is 5.81. The molecular formula is C17H26N2O. The molecule has 0 fully saturated rings. The second kappa shape index (κ2) is 8.08. The van der Waals surface area contributed by atoms with Gasteiger partial charge in [0.1, 0.15) is 12.4 Å². The summed E-state index contributed by atoms with van der Waals surface area (Å²) >= 11 is 0. The van der Waals surface area contributed by atoms with Crippen molar-refractivity contribution in [1.82, 2.24) is 10.2 Å². The molecule has 1 heterocycles. The van der Waals surface area contributed by atoms with Crippen LogP contribution in [-0.2, 0) is 0 Å². The number of hydrogen-bond acceptors (Lipinski definition) is 3. The van der Waals surface area contributed by atoms with E-state index in [0.717, 1.165) is 51.5 Å². The quantitative estimate of drug-likeness (QED) is 0.827. The van der Waals surface area contributed by atoms with Crippen molar-refractivity contribution in [1.29, 1.82) is 0 Å². The summed E-state index contributed by atoms with van der Waals surface area (Å²) in [6, 6.07) is 8.51. The fraction of sp³-hybridized carbons (Fsp3) is 0.529. The summed E-state index contributed by atoms with van der Waals surface area (Å²) in [5.74, 6) is 0.968. The fourth-order valence-corrected chi connectivity index (χ4v) is 2.48. The number of benzene rings is 1. The molecule has 0 saturated carbocycles. The average Bonchev–Trinajstić information content (AvgIpc) is 2.53. The van der Waals surface area contributed by atoms with Crippen LogP contribution in [0.3, 0.4) is 0 Å². The highest BCUT2D eigenvalue weighted by atomic mass is 16.5. The number of hydrogen-bond donors (Lipinski definition) is 1. The highest BCUT2D eigenvalue weighted by Crippen LogP contribution is 2.22. The monoisotopic (exact) mass is 274 g/mol. The van der Waals surface area contributed by atoms with Gasteiger partial charge in [0.05, 0.1) is 0 Å². The molecule has 110 valence electrons. The van der Waals surface area contributed by atoms with Crippen LogP contribution in [-0.4, -0.2) is 44.2 Å². The van der Waals surface area contributed by atoms with Crippen molar-refractivity contribution in [2.75, 3.05) is 39.3 Å². The smallest absolute Gasteiger partial charge is 0.119 e. The zero-order valence-electron chi connectivity index (χ0n) is 12.7. The Morgan fingerprint density at radius 3 is 2.50 bits per heavy atom. The summed E-state index contributed by atoms with van der Waals surface area (Å²) in [4.78, 5) is 2.37. The van der Waals surface area contributed by atoms with Gasteiger partial charge in [0.25, 0.3) is 0 Å². The number of nitrogens with one attached hydrogen (secondary N) is 1. The Hall–Kier alpha value is -1.32. The summed E-state index contributed by atoms with van der Waals surface area (Å²) in [6.07, 6.45) is 3.39. The maximum absolute atomic E-state index is 5.81. The molecule has 0 aromatic heterocycles. The largest absolute Gasteiger partial charge is 0.492 e. The predicted octanol–water partition coefficient (Wildman–Crippen LogP) is 2.78. The first-order chi connectivity index (χ1) is 9.83. The lowest BCUT2D eigenvalue weighted by molar-refractivity contribution is 0.223. The first kappa shape index (κ1) is 15.1. The summed E-state index contributed by atoms with van der Waals surface area (Å²) in [6.45, 7) is 10.3. The third-order valence-corrected chi connectivity index (χ3v) is 3.86. The Balaban J connectivity index is 1.84. The molecule has 20 heavy (non-hydrogen) atoms. The van der Waals surface area contributed by atoms with E-state index in [0.29, 0.717) is 0 Å². The first-order valence-corrected chi connectivity index (χ1v) is 7.68. The summed E-state index contributed by atoms with van der Waals surface area (Å²) in [5.41, 5.74) is 2.76. The number of rotatable bonds is 7. The minimum absolute atomic E-state index is 0.758. The van der Waals surface area contributed by atoms with E-state index in [4.69, 9.17) is 4.74 Å². The lowest BCUT2D eigenvalue weighted by Gasteiger charge is -2.18. The van der Waals surface area contributed by atoms with Crippen LogP contribution >= 0.6 is 0 Å². The topological polar surface area (TPSA) is 24.5 Å². The third-order valence-electron chi connectivity index (χ3n) is 3.86. The summed E-state index contributed by atoms with van der Waals surface area (Å²) < 4.78 is 5.81. The molecule has 0 unspecified atom stereocenters. The summed E-state index contributed by atoms with van der Waals surface area (Å²) in [5, 5.41) is 3.34. The Morgan fingerprint density at radius 1 is 1.15 bits per heavy atom. The molecule has 0 saturated heterocycles. The molecule has 0 amide bonds. The van der Waals surface area contributed by atoms with Gasteiger partial charge in [-0.05, 0) is 49.3 Å². The van der Waals surface area contributed by atoms with Crippen molar-refractivity contribution in [3.63, 3.8) is 0 Å². The average molecular weight is 274 g/mol. The highest BCUT2D eigenvalue weighted by Gasteiger charge is 2.06. The minimum Gasteiger partial charge on any atom is -0.492 e. The van der Waals surface area contributed by atoms with Crippen LogP contribution < -0.4 is 10.1 Å². The predicted molar refractivity (Wildman–Crippen MR) is 85.2 cm³/mol. The number of nitrogens with zero attached hydrogens (tertiary/aromatic N) is 1. The molecule has 1 N–H and O–H groups in total. The standard InChI is InChI=1S/C17H26N2O/c1-3-19(4-2)13-14-20-17-7-5-15(6-8-17)16-9-11-18-12-10-16/h5-9,18H,3-4,10-14H2,1-2H3. The Morgan fingerprint density at radius 2 is 1.90 bits per heavy atom. The number of likely N-dealkylation sites (N-methyl/N-ethyl adjacent to an activating group) is 1. The molecule has 0 atom stereocenters. The molecule has 3 nitrogen and oxygen atoms in total. The molecular weight excluding hydrogens is 248 g/mol. The van der Waals surface area contributed by atoms with E-state index in [-0.39, 0.29) is 0 Å². The second-order valence-corrected chi connectivity index (χ2v) is 5.08. The van der Waals surface area contributed by atoms with Crippen molar-refractivity contribution in [3.8, 4) is 5.75 Å². The zero-order chi connectivity index (χ0) is 14.2. The molecule has 0 bridgehead atoms. The van der Waals surface area contributed by atoms with E-state index in [2.05, 4.69) is 54.4 Å². The third kappa shape index (κ3) is 4.36. The minimum atomic E-state index is 0.758. The normalized spacial score (nSPS) is 15.2. The van der Waals surface area contributed by atoms with Crippen molar-refractivity contribution in [2.45, 2.75) is 20.3 Å². The van der Waals surface area contributed by atoms with Gasteiger partial charge in [0, 0.05) is 13.1 Å². The molecule has 0 aliphatic carbocycles. The van der Waals surface area contributed by atoms with Crippen molar-refractivity contribution in [3.05, 3.63) is 35.9 Å². The first-order valence-electron chi connectivity index (χ1n) is 7.68. The lowest BCUT2D eigenvalue weighted by Crippen LogP contribution is -2.27. The molecule has 1 aliphatic rings. The van der Waals surface area contributed by atoms with Gasteiger partial charge in [-0.3, -0.25) is 0 Å². The van der Waals surface area contributed by atoms with E-state index in [9.17, 15) is 0 Å². The van der Waals surface area contributed by atoms with Gasteiger partial charge in [-0.25, -0.2) is 0 Å². The van der Waals surface area contributed by atoms with E-state index in [1.807, 2.05) is 0 Å². The molecule has 1 aromatic carbocycles. The van der Waals surface area contributed by atoms with Gasteiger partial charge < -0.3 is 15.0 Å². The van der Waals surface area contributed by atoms with Crippen LogP contribution in [0.15, 0.2) is 30.3 Å². The molecule has 2 rings (SSSR count). The Bertz CT molecular complexity index is 421. The molecule has 1 aliphatic heterocycles. The van der Waals surface area contributed by atoms with Gasteiger partial charge in [-0.15, -0.1) is 0 Å². The van der Waals surface area contributed by atoms with E-state index in [1.165, 1.54) is 11.1 Å². The van der Waals surface area contributed by atoms with Gasteiger partial charge in [0.15, 0.2) is 0 Å². The van der Waals surface area contributed by atoms with Crippen LogP contribution in [0.5, 0.6) is 5.75 Å². The molecule has 1 aromatic rings. The highest BCUT2D eigenvalue weighted by molar-refractivity contribution is 5.67. The van der Waals surface area contributed by atoms with Crippen molar-refractivity contribution in [2.24, 2.45) is 0 Å². The second-order valence-electron chi connectivity index (χ2n) is 5.08. The number of ether oxygens (including phenoxy) is 1. The van der Waals surface area contributed by atoms with Crippen molar-refractivity contribution >= 4 is 5.57 Å². The molecule has 3 heteroatoms. The zero-order valence-corrected chi connectivity index (χ0v) is 12.7. The maximum Gasteiger partial charge on any atom is 0.119 e. The van der Waals surface area contributed by atoms with Gasteiger partial charge in [-0.2, -0.15) is 0 Å². The van der Waals surface area contributed by atoms with E-state index < -0.39 is 0 Å². The summed E-state index contributed by atoms with van der Waals surface area (Å²) in [7, 11) is 0. The van der Waals surface area contributed by atoms with Crippen LogP contribution in [0, 0.1) is 0 Å². The van der Waals surface area contributed by atoms with Crippen LogP contribution in [0.25, 0.3) is 5.57 Å². The Kier molecular flexibility index (Phi) is 6.09. The van der Waals surface area contributed by atoms with Crippen LogP contribution in [0.4, 0.5) is 0 Å². The fourth-order valence-electron chi connectivity index (χ4n) is 2.48. The van der Waals surface area contributed by atoms with Crippen LogP contribution in [0.2, 0.25) is 0 Å². The van der Waals surface area contributed by atoms with Gasteiger partial charge in [-0.1, -0.05) is 32.1 Å². The SMILES string of the molecule is CCN(CC)CCOc1ccc(C2=CCNCC2)cc1. The van der Waals surface area contributed by atoms with Gasteiger partial charge in [0.2, 0.25) is 0 Å².